The number of thioether (sulfide) groups is 1. The minimum Gasteiger partial charge on any atom is -0.349 e. The van der Waals surface area contributed by atoms with Gasteiger partial charge in [0.2, 0.25) is 5.91 Å². The third kappa shape index (κ3) is 4.55. The molecule has 0 unspecified atom stereocenters. The van der Waals surface area contributed by atoms with E-state index in [1.165, 1.54) is 6.07 Å². The molecular weight excluding hydrogens is 372 g/mol. The molecular formula is C16H14BrF2NOS. The molecule has 2 aromatic rings. The molecule has 0 heterocycles. The van der Waals surface area contributed by atoms with Gasteiger partial charge in [-0.2, -0.15) is 0 Å². The highest BCUT2D eigenvalue weighted by Crippen LogP contribution is 2.24. The van der Waals surface area contributed by atoms with Crippen molar-refractivity contribution in [1.82, 2.24) is 5.32 Å². The number of hydrogen-bond donors (Lipinski definition) is 1. The van der Waals surface area contributed by atoms with Gasteiger partial charge in [-0.15, -0.1) is 11.8 Å². The molecule has 0 aliphatic rings. The van der Waals surface area contributed by atoms with E-state index < -0.39 is 11.6 Å². The topological polar surface area (TPSA) is 29.1 Å². The molecule has 1 amide bonds. The molecule has 0 saturated heterocycles. The fourth-order valence-corrected chi connectivity index (χ4v) is 3.26. The number of hydrogen-bond acceptors (Lipinski definition) is 2. The van der Waals surface area contributed by atoms with Gasteiger partial charge in [0.05, 0.1) is 11.8 Å². The van der Waals surface area contributed by atoms with Crippen LogP contribution < -0.4 is 5.32 Å². The van der Waals surface area contributed by atoms with Gasteiger partial charge >= 0.3 is 0 Å². The molecule has 0 fully saturated rings. The van der Waals surface area contributed by atoms with Crippen LogP contribution in [0.3, 0.4) is 0 Å². The summed E-state index contributed by atoms with van der Waals surface area (Å²) in [4.78, 5) is 12.5. The SMILES string of the molecule is C[C@@H](NC(=O)CSc1ccc(F)c(F)c1)c1ccccc1Br. The Morgan fingerprint density at radius 2 is 1.95 bits per heavy atom. The summed E-state index contributed by atoms with van der Waals surface area (Å²) in [7, 11) is 0. The molecule has 1 N–H and O–H groups in total. The maximum atomic E-state index is 13.1. The summed E-state index contributed by atoms with van der Waals surface area (Å²) < 4.78 is 26.8. The quantitative estimate of drug-likeness (QED) is 0.755. The Hall–Kier alpha value is -1.40. The van der Waals surface area contributed by atoms with E-state index in [9.17, 15) is 13.6 Å². The number of nitrogens with one attached hydrogen (secondary N) is 1. The third-order valence-electron chi connectivity index (χ3n) is 3.01. The molecule has 0 aliphatic carbocycles. The monoisotopic (exact) mass is 385 g/mol. The van der Waals surface area contributed by atoms with E-state index in [4.69, 9.17) is 0 Å². The fraction of sp³-hybridized carbons (Fsp3) is 0.188. The Kier molecular flexibility index (Phi) is 5.97. The normalized spacial score (nSPS) is 12.0. The van der Waals surface area contributed by atoms with Gasteiger partial charge in [0.15, 0.2) is 11.6 Å². The maximum Gasteiger partial charge on any atom is 0.230 e. The van der Waals surface area contributed by atoms with Crippen LogP contribution in [0.1, 0.15) is 18.5 Å². The lowest BCUT2D eigenvalue weighted by molar-refractivity contribution is -0.119. The zero-order valence-electron chi connectivity index (χ0n) is 11.8. The number of carbonyl (C=O) groups is 1. The first kappa shape index (κ1) is 17.0. The van der Waals surface area contributed by atoms with Gasteiger partial charge in [-0.25, -0.2) is 8.78 Å². The van der Waals surface area contributed by atoms with Crippen LogP contribution in [0.4, 0.5) is 8.78 Å². The van der Waals surface area contributed by atoms with Crippen LogP contribution in [0.25, 0.3) is 0 Å². The molecule has 2 rings (SSSR count). The second kappa shape index (κ2) is 7.74. The molecule has 0 aliphatic heterocycles. The number of rotatable bonds is 5. The van der Waals surface area contributed by atoms with Crippen molar-refractivity contribution in [3.05, 3.63) is 64.1 Å². The smallest absolute Gasteiger partial charge is 0.230 e. The van der Waals surface area contributed by atoms with Crippen molar-refractivity contribution >= 4 is 33.6 Å². The van der Waals surface area contributed by atoms with Crippen LogP contribution in [-0.2, 0) is 4.79 Å². The Bertz CT molecular complexity index is 681. The number of carbonyl (C=O) groups excluding carboxylic acids is 1. The summed E-state index contributed by atoms with van der Waals surface area (Å²) in [5.41, 5.74) is 0.980. The number of amides is 1. The molecule has 0 radical (unpaired) electrons. The first-order chi connectivity index (χ1) is 10.5. The van der Waals surface area contributed by atoms with Crippen LogP contribution in [0.5, 0.6) is 0 Å². The van der Waals surface area contributed by atoms with E-state index in [0.717, 1.165) is 33.9 Å². The van der Waals surface area contributed by atoms with Gasteiger partial charge in [-0.05, 0) is 36.8 Å². The van der Waals surface area contributed by atoms with Crippen molar-refractivity contribution < 1.29 is 13.6 Å². The van der Waals surface area contributed by atoms with Gasteiger partial charge in [-0.3, -0.25) is 4.79 Å². The van der Waals surface area contributed by atoms with E-state index >= 15 is 0 Å². The second-order valence-corrected chi connectivity index (χ2v) is 6.58. The third-order valence-corrected chi connectivity index (χ3v) is 4.73. The lowest BCUT2D eigenvalue weighted by atomic mass is 10.1. The minimum absolute atomic E-state index is 0.139. The van der Waals surface area contributed by atoms with Crippen LogP contribution in [0.15, 0.2) is 51.8 Å². The molecule has 0 spiro atoms. The standard InChI is InChI=1S/C16H14BrF2NOS/c1-10(12-4-2-3-5-13(12)17)20-16(21)9-22-11-6-7-14(18)15(19)8-11/h2-8,10H,9H2,1H3,(H,20,21)/t10-/m1/s1. The highest BCUT2D eigenvalue weighted by molar-refractivity contribution is 9.10. The summed E-state index contributed by atoms with van der Waals surface area (Å²) in [6.45, 7) is 1.89. The molecule has 0 saturated carbocycles. The highest BCUT2D eigenvalue weighted by atomic mass is 79.9. The summed E-state index contributed by atoms with van der Waals surface area (Å²) in [6.07, 6.45) is 0. The lowest BCUT2D eigenvalue weighted by Gasteiger charge is -2.15. The Labute approximate surface area is 140 Å². The molecule has 0 bridgehead atoms. The van der Waals surface area contributed by atoms with Crippen molar-refractivity contribution in [2.24, 2.45) is 0 Å². The van der Waals surface area contributed by atoms with Crippen LogP contribution >= 0.6 is 27.7 Å². The Balaban J connectivity index is 1.90. The summed E-state index contributed by atoms with van der Waals surface area (Å²) in [6, 6.07) is 11.1. The second-order valence-electron chi connectivity index (χ2n) is 4.68. The molecule has 116 valence electrons. The van der Waals surface area contributed by atoms with Gasteiger partial charge < -0.3 is 5.32 Å². The molecule has 22 heavy (non-hydrogen) atoms. The fourth-order valence-electron chi connectivity index (χ4n) is 1.90. The van der Waals surface area contributed by atoms with Crippen molar-refractivity contribution in [2.45, 2.75) is 17.9 Å². The Morgan fingerprint density at radius 1 is 1.23 bits per heavy atom. The van der Waals surface area contributed by atoms with Crippen LogP contribution in [0, 0.1) is 11.6 Å². The van der Waals surface area contributed by atoms with E-state index in [1.807, 2.05) is 31.2 Å². The van der Waals surface area contributed by atoms with Crippen molar-refractivity contribution in [1.29, 1.82) is 0 Å². The minimum atomic E-state index is -0.910. The van der Waals surface area contributed by atoms with Crippen LogP contribution in [0.2, 0.25) is 0 Å². The van der Waals surface area contributed by atoms with Crippen molar-refractivity contribution in [3.8, 4) is 0 Å². The van der Waals surface area contributed by atoms with E-state index in [-0.39, 0.29) is 17.7 Å². The number of benzene rings is 2. The van der Waals surface area contributed by atoms with Crippen molar-refractivity contribution in [2.75, 3.05) is 5.75 Å². The molecule has 0 aromatic heterocycles. The predicted octanol–water partition coefficient (Wildman–Crippen LogP) is 4.70. The van der Waals surface area contributed by atoms with E-state index in [2.05, 4.69) is 21.2 Å². The predicted molar refractivity (Wildman–Crippen MR) is 87.8 cm³/mol. The van der Waals surface area contributed by atoms with Gasteiger partial charge in [0, 0.05) is 9.37 Å². The first-order valence-corrected chi connectivity index (χ1v) is 8.37. The largest absolute Gasteiger partial charge is 0.349 e. The summed E-state index contributed by atoms with van der Waals surface area (Å²) >= 11 is 4.61. The maximum absolute atomic E-state index is 13.1. The van der Waals surface area contributed by atoms with Crippen LogP contribution in [-0.4, -0.2) is 11.7 Å². The zero-order chi connectivity index (χ0) is 16.1. The number of halogens is 3. The lowest BCUT2D eigenvalue weighted by Crippen LogP contribution is -2.28. The summed E-state index contributed by atoms with van der Waals surface area (Å²) in [5, 5.41) is 2.88. The van der Waals surface area contributed by atoms with Crippen molar-refractivity contribution in [3.63, 3.8) is 0 Å². The average Bonchev–Trinajstić information content (AvgIpc) is 2.49. The van der Waals surface area contributed by atoms with Gasteiger partial charge in [-0.1, -0.05) is 34.1 Å². The Morgan fingerprint density at radius 3 is 2.64 bits per heavy atom. The first-order valence-electron chi connectivity index (χ1n) is 6.59. The average molecular weight is 386 g/mol. The molecule has 1 atom stereocenters. The molecule has 6 heteroatoms. The molecule has 2 nitrogen and oxygen atoms in total. The summed E-state index contributed by atoms with van der Waals surface area (Å²) in [5.74, 6) is -1.83. The van der Waals surface area contributed by atoms with E-state index in [1.54, 1.807) is 0 Å². The van der Waals surface area contributed by atoms with Gasteiger partial charge in [0.1, 0.15) is 0 Å². The molecule has 2 aromatic carbocycles. The highest BCUT2D eigenvalue weighted by Gasteiger charge is 2.12. The van der Waals surface area contributed by atoms with E-state index in [0.29, 0.717) is 4.90 Å². The van der Waals surface area contributed by atoms with Gasteiger partial charge in [0.25, 0.3) is 0 Å². The zero-order valence-corrected chi connectivity index (χ0v) is 14.2.